The van der Waals surface area contributed by atoms with Crippen LogP contribution in [0.3, 0.4) is 0 Å². The molecule has 0 spiro atoms. The highest BCUT2D eigenvalue weighted by Crippen LogP contribution is 2.01. The lowest BCUT2D eigenvalue weighted by molar-refractivity contribution is 0.179. The van der Waals surface area contributed by atoms with Gasteiger partial charge in [0.25, 0.3) is 0 Å². The van der Waals surface area contributed by atoms with E-state index in [0.717, 1.165) is 10.8 Å². The fourth-order valence-corrected chi connectivity index (χ4v) is 1.01. The summed E-state index contributed by atoms with van der Waals surface area (Å²) in [7, 11) is 1.64. The van der Waals surface area contributed by atoms with Crippen molar-refractivity contribution in [1.29, 1.82) is 0 Å². The van der Waals surface area contributed by atoms with Crippen molar-refractivity contribution < 1.29 is 4.74 Å². The molecule has 0 aliphatic rings. The normalized spacial score (nSPS) is 10.0. The molecule has 0 atom stereocenters. The average molecular weight is 144 g/mol. The molecule has 0 fully saturated rings. The van der Waals surface area contributed by atoms with E-state index in [1.165, 1.54) is 11.5 Å². The highest BCUT2D eigenvalue weighted by molar-refractivity contribution is 7.05. The lowest BCUT2D eigenvalue weighted by atomic mass is 10.6. The van der Waals surface area contributed by atoms with Crippen LogP contribution < -0.4 is 0 Å². The molecule has 0 aliphatic heterocycles. The Morgan fingerprint density at radius 2 is 2.44 bits per heavy atom. The summed E-state index contributed by atoms with van der Waals surface area (Å²) in [5.74, 6) is 0.778. The summed E-state index contributed by atoms with van der Waals surface area (Å²) in [6.07, 6.45) is 0. The molecule has 9 heavy (non-hydrogen) atoms. The zero-order valence-electron chi connectivity index (χ0n) is 5.42. The van der Waals surface area contributed by atoms with Gasteiger partial charge >= 0.3 is 0 Å². The minimum atomic E-state index is 0.518. The van der Waals surface area contributed by atoms with Crippen LogP contribution in [0.25, 0.3) is 0 Å². The maximum absolute atomic E-state index is 4.82. The van der Waals surface area contributed by atoms with Gasteiger partial charge in [-0.3, -0.25) is 0 Å². The van der Waals surface area contributed by atoms with Crippen LogP contribution in [0.5, 0.6) is 0 Å². The summed E-state index contributed by atoms with van der Waals surface area (Å²) in [5.41, 5.74) is 0. The Hall–Kier alpha value is -0.480. The topological polar surface area (TPSA) is 35.0 Å². The minimum Gasteiger partial charge on any atom is -0.377 e. The molecule has 0 N–H and O–H groups in total. The van der Waals surface area contributed by atoms with E-state index >= 15 is 0 Å². The third-order valence-electron chi connectivity index (χ3n) is 0.843. The predicted molar refractivity (Wildman–Crippen MR) is 35.4 cm³/mol. The van der Waals surface area contributed by atoms with Gasteiger partial charge < -0.3 is 4.74 Å². The van der Waals surface area contributed by atoms with Gasteiger partial charge in [0.15, 0.2) is 5.82 Å². The van der Waals surface area contributed by atoms with Gasteiger partial charge in [-0.2, -0.15) is 4.37 Å². The van der Waals surface area contributed by atoms with Crippen molar-refractivity contribution in [2.75, 3.05) is 7.11 Å². The monoisotopic (exact) mass is 144 g/mol. The Kier molecular flexibility index (Phi) is 2.13. The summed E-state index contributed by atoms with van der Waals surface area (Å²) in [5, 5.41) is 0.988. The summed E-state index contributed by atoms with van der Waals surface area (Å²) < 4.78 is 8.83. The highest BCUT2D eigenvalue weighted by atomic mass is 32.1. The van der Waals surface area contributed by atoms with Crippen molar-refractivity contribution in [3.8, 4) is 0 Å². The Morgan fingerprint density at radius 1 is 1.67 bits per heavy atom. The van der Waals surface area contributed by atoms with Crippen LogP contribution in [0.1, 0.15) is 10.8 Å². The van der Waals surface area contributed by atoms with Crippen LogP contribution in [-0.2, 0) is 11.3 Å². The predicted octanol–water partition coefficient (Wildman–Crippen LogP) is 0.993. The summed E-state index contributed by atoms with van der Waals surface area (Å²) in [6.45, 7) is 2.45. The first-order valence-electron chi connectivity index (χ1n) is 2.61. The zero-order chi connectivity index (χ0) is 6.69. The summed E-state index contributed by atoms with van der Waals surface area (Å²) >= 11 is 1.40. The molecule has 0 bridgehead atoms. The van der Waals surface area contributed by atoms with Gasteiger partial charge in [-0.05, 0) is 18.5 Å². The fraction of sp³-hybridized carbons (Fsp3) is 0.600. The van der Waals surface area contributed by atoms with Gasteiger partial charge in [-0.15, -0.1) is 0 Å². The Balaban J connectivity index is 2.61. The van der Waals surface area contributed by atoms with E-state index in [1.807, 2.05) is 6.92 Å². The molecule has 50 valence electrons. The lowest BCUT2D eigenvalue weighted by Gasteiger charge is -1.87. The highest BCUT2D eigenvalue weighted by Gasteiger charge is 1.96. The second-order valence-electron chi connectivity index (χ2n) is 1.66. The minimum absolute atomic E-state index is 0.518. The van der Waals surface area contributed by atoms with Crippen LogP contribution in [0.2, 0.25) is 0 Å². The SMILES string of the molecule is COCc1nsc(C)n1. The first-order chi connectivity index (χ1) is 4.33. The van der Waals surface area contributed by atoms with Gasteiger partial charge in [0, 0.05) is 7.11 Å². The maximum Gasteiger partial charge on any atom is 0.168 e. The third kappa shape index (κ3) is 1.73. The van der Waals surface area contributed by atoms with Gasteiger partial charge in [-0.25, -0.2) is 4.98 Å². The molecule has 0 radical (unpaired) electrons. The maximum atomic E-state index is 4.82. The number of aryl methyl sites for hydroxylation is 1. The first-order valence-corrected chi connectivity index (χ1v) is 3.38. The van der Waals surface area contributed by atoms with Crippen LogP contribution in [0.4, 0.5) is 0 Å². The molecule has 1 aromatic rings. The Bertz CT molecular complexity index is 187. The molecule has 0 unspecified atom stereocenters. The lowest BCUT2D eigenvalue weighted by Crippen LogP contribution is -1.88. The number of rotatable bonds is 2. The largest absolute Gasteiger partial charge is 0.377 e. The van der Waals surface area contributed by atoms with E-state index in [9.17, 15) is 0 Å². The van der Waals surface area contributed by atoms with Crippen LogP contribution in [-0.4, -0.2) is 16.5 Å². The van der Waals surface area contributed by atoms with E-state index in [2.05, 4.69) is 9.36 Å². The average Bonchev–Trinajstić information content (AvgIpc) is 2.17. The van der Waals surface area contributed by atoms with Crippen LogP contribution in [0, 0.1) is 6.92 Å². The number of aromatic nitrogens is 2. The molecule has 1 rings (SSSR count). The van der Waals surface area contributed by atoms with Crippen molar-refractivity contribution in [2.45, 2.75) is 13.5 Å². The number of methoxy groups -OCH3 is 1. The Labute approximate surface area is 57.9 Å². The van der Waals surface area contributed by atoms with Gasteiger partial charge in [-0.1, -0.05) is 0 Å². The molecule has 1 aromatic heterocycles. The molecule has 4 heteroatoms. The summed E-state index contributed by atoms with van der Waals surface area (Å²) in [4.78, 5) is 4.08. The smallest absolute Gasteiger partial charge is 0.168 e. The molecular formula is C5H8N2OS. The fourth-order valence-electron chi connectivity index (χ4n) is 0.529. The van der Waals surface area contributed by atoms with Crippen molar-refractivity contribution >= 4 is 11.5 Å². The first kappa shape index (κ1) is 6.64. The molecule has 0 amide bonds. The number of nitrogens with zero attached hydrogens (tertiary/aromatic N) is 2. The van der Waals surface area contributed by atoms with E-state index in [4.69, 9.17) is 4.74 Å². The van der Waals surface area contributed by atoms with E-state index in [-0.39, 0.29) is 0 Å². The molecule has 0 aliphatic carbocycles. The van der Waals surface area contributed by atoms with Crippen LogP contribution >= 0.6 is 11.5 Å². The number of hydrogen-bond acceptors (Lipinski definition) is 4. The standard InChI is InChI=1S/C5H8N2OS/c1-4-6-5(3-8-2)7-9-4/h3H2,1-2H3. The van der Waals surface area contributed by atoms with Gasteiger partial charge in [0.2, 0.25) is 0 Å². The van der Waals surface area contributed by atoms with E-state index in [0.29, 0.717) is 6.61 Å². The van der Waals surface area contributed by atoms with Gasteiger partial charge in [0.05, 0.1) is 0 Å². The molecule has 0 saturated heterocycles. The zero-order valence-corrected chi connectivity index (χ0v) is 6.23. The molecule has 0 aromatic carbocycles. The quantitative estimate of drug-likeness (QED) is 0.621. The molecular weight excluding hydrogens is 136 g/mol. The van der Waals surface area contributed by atoms with Crippen molar-refractivity contribution in [3.05, 3.63) is 10.8 Å². The second kappa shape index (κ2) is 2.89. The van der Waals surface area contributed by atoms with Crippen molar-refractivity contribution in [3.63, 3.8) is 0 Å². The van der Waals surface area contributed by atoms with Crippen molar-refractivity contribution in [2.24, 2.45) is 0 Å². The Morgan fingerprint density at radius 3 is 2.89 bits per heavy atom. The van der Waals surface area contributed by atoms with Gasteiger partial charge in [0.1, 0.15) is 11.6 Å². The second-order valence-corrected chi connectivity index (χ2v) is 2.62. The van der Waals surface area contributed by atoms with E-state index in [1.54, 1.807) is 7.11 Å². The van der Waals surface area contributed by atoms with Crippen LogP contribution in [0.15, 0.2) is 0 Å². The summed E-state index contributed by atoms with van der Waals surface area (Å²) in [6, 6.07) is 0. The number of ether oxygens (including phenoxy) is 1. The van der Waals surface area contributed by atoms with E-state index < -0.39 is 0 Å². The molecule has 1 heterocycles. The third-order valence-corrected chi connectivity index (χ3v) is 1.50. The molecule has 3 nitrogen and oxygen atoms in total. The number of hydrogen-bond donors (Lipinski definition) is 0. The van der Waals surface area contributed by atoms with Crippen molar-refractivity contribution in [1.82, 2.24) is 9.36 Å². The molecule has 0 saturated carbocycles.